The second-order valence-corrected chi connectivity index (χ2v) is 6.89. The SMILES string of the molecule is CCC1OCCC1C(=O)N1CCN(C(C)(C)C(N)=S)CC1. The summed E-state index contributed by atoms with van der Waals surface area (Å²) < 4.78 is 5.64. The van der Waals surface area contributed by atoms with Crippen LogP contribution in [0, 0.1) is 5.92 Å². The molecule has 0 aliphatic carbocycles. The molecule has 0 aromatic heterocycles. The van der Waals surface area contributed by atoms with Crippen molar-refractivity contribution in [2.45, 2.75) is 45.3 Å². The zero-order valence-corrected chi connectivity index (χ0v) is 14.1. The molecule has 2 aliphatic heterocycles. The van der Waals surface area contributed by atoms with Gasteiger partial charge in [0.05, 0.1) is 22.5 Å². The van der Waals surface area contributed by atoms with Gasteiger partial charge in [-0.3, -0.25) is 9.69 Å². The van der Waals surface area contributed by atoms with Gasteiger partial charge in [-0.15, -0.1) is 0 Å². The standard InChI is InChI=1S/C15H27N3O2S/c1-4-12-11(5-10-20-12)13(19)17-6-8-18(9-7-17)15(2,3)14(16)21/h11-12H,4-10H2,1-3H3,(H2,16,21). The Kier molecular flexibility index (Phi) is 5.22. The first-order chi connectivity index (χ1) is 9.87. The summed E-state index contributed by atoms with van der Waals surface area (Å²) in [5, 5.41) is 0. The maximum Gasteiger partial charge on any atom is 0.228 e. The molecule has 2 aliphatic rings. The summed E-state index contributed by atoms with van der Waals surface area (Å²) in [6, 6.07) is 0. The molecule has 5 nitrogen and oxygen atoms in total. The van der Waals surface area contributed by atoms with Gasteiger partial charge in [0.15, 0.2) is 0 Å². The van der Waals surface area contributed by atoms with E-state index in [1.807, 2.05) is 18.7 Å². The number of hydrogen-bond donors (Lipinski definition) is 1. The highest BCUT2D eigenvalue weighted by Gasteiger charge is 2.38. The Balaban J connectivity index is 1.92. The molecule has 2 fully saturated rings. The topological polar surface area (TPSA) is 58.8 Å². The quantitative estimate of drug-likeness (QED) is 0.785. The molecule has 1 amide bonds. The average Bonchev–Trinajstić information content (AvgIpc) is 2.94. The minimum atomic E-state index is -0.285. The maximum absolute atomic E-state index is 12.6. The smallest absolute Gasteiger partial charge is 0.228 e. The largest absolute Gasteiger partial charge is 0.392 e. The van der Waals surface area contributed by atoms with Crippen molar-refractivity contribution in [3.05, 3.63) is 0 Å². The molecule has 2 atom stereocenters. The van der Waals surface area contributed by atoms with E-state index in [1.54, 1.807) is 0 Å². The third kappa shape index (κ3) is 3.38. The normalized spacial score (nSPS) is 27.9. The van der Waals surface area contributed by atoms with E-state index in [0.717, 1.165) is 39.0 Å². The number of nitrogens with two attached hydrogens (primary N) is 1. The van der Waals surface area contributed by atoms with Crippen molar-refractivity contribution in [2.24, 2.45) is 11.7 Å². The van der Waals surface area contributed by atoms with E-state index in [4.69, 9.17) is 22.7 Å². The van der Waals surface area contributed by atoms with Crippen LogP contribution in [0.1, 0.15) is 33.6 Å². The lowest BCUT2D eigenvalue weighted by atomic mass is 9.97. The van der Waals surface area contributed by atoms with Gasteiger partial charge in [-0.1, -0.05) is 19.1 Å². The lowest BCUT2D eigenvalue weighted by Gasteiger charge is -2.44. The van der Waals surface area contributed by atoms with Crippen LogP contribution in [0.4, 0.5) is 0 Å². The number of amides is 1. The van der Waals surface area contributed by atoms with Gasteiger partial charge in [0.1, 0.15) is 0 Å². The Bertz CT molecular complexity index is 406. The van der Waals surface area contributed by atoms with E-state index in [-0.39, 0.29) is 23.5 Å². The monoisotopic (exact) mass is 313 g/mol. The number of rotatable bonds is 4. The Hall–Kier alpha value is -0.720. The first-order valence-electron chi connectivity index (χ1n) is 7.83. The van der Waals surface area contributed by atoms with E-state index in [2.05, 4.69) is 11.8 Å². The van der Waals surface area contributed by atoms with Crippen LogP contribution in [0.5, 0.6) is 0 Å². The molecule has 2 heterocycles. The van der Waals surface area contributed by atoms with Crippen LogP contribution < -0.4 is 5.73 Å². The second-order valence-electron chi connectivity index (χ2n) is 6.45. The van der Waals surface area contributed by atoms with Gasteiger partial charge in [0, 0.05) is 32.8 Å². The Morgan fingerprint density at radius 2 is 1.95 bits per heavy atom. The highest BCUT2D eigenvalue weighted by molar-refractivity contribution is 7.80. The number of thiocarbonyl (C=S) groups is 1. The van der Waals surface area contributed by atoms with Crippen LogP contribution in [0.2, 0.25) is 0 Å². The molecule has 21 heavy (non-hydrogen) atoms. The number of nitrogens with zero attached hydrogens (tertiary/aromatic N) is 2. The van der Waals surface area contributed by atoms with Crippen LogP contribution in [-0.2, 0) is 9.53 Å². The van der Waals surface area contributed by atoms with Crippen molar-refractivity contribution in [3.8, 4) is 0 Å². The maximum atomic E-state index is 12.6. The molecule has 0 bridgehead atoms. The molecule has 120 valence electrons. The zero-order chi connectivity index (χ0) is 15.6. The van der Waals surface area contributed by atoms with Gasteiger partial charge in [-0.2, -0.15) is 0 Å². The molecule has 0 spiro atoms. The molecule has 0 radical (unpaired) electrons. The summed E-state index contributed by atoms with van der Waals surface area (Å²) in [5.41, 5.74) is 5.54. The van der Waals surface area contributed by atoms with Crippen LogP contribution in [0.3, 0.4) is 0 Å². The first kappa shape index (κ1) is 16.6. The summed E-state index contributed by atoms with van der Waals surface area (Å²) in [6.45, 7) is 10.0. The van der Waals surface area contributed by atoms with E-state index in [1.165, 1.54) is 0 Å². The Morgan fingerprint density at radius 3 is 2.48 bits per heavy atom. The molecular weight excluding hydrogens is 286 g/mol. The van der Waals surface area contributed by atoms with Crippen molar-refractivity contribution < 1.29 is 9.53 Å². The Labute approximate surface area is 132 Å². The van der Waals surface area contributed by atoms with Gasteiger partial charge in [-0.05, 0) is 26.7 Å². The van der Waals surface area contributed by atoms with E-state index < -0.39 is 0 Å². The Morgan fingerprint density at radius 1 is 1.33 bits per heavy atom. The summed E-state index contributed by atoms with van der Waals surface area (Å²) in [6.07, 6.45) is 1.87. The molecule has 2 unspecified atom stereocenters. The third-order valence-electron chi connectivity index (χ3n) is 4.91. The molecular formula is C15H27N3O2S. The average molecular weight is 313 g/mol. The van der Waals surface area contributed by atoms with Gasteiger partial charge in [0.25, 0.3) is 0 Å². The number of piperazine rings is 1. The molecule has 2 N–H and O–H groups in total. The lowest BCUT2D eigenvalue weighted by Crippen LogP contribution is -2.60. The zero-order valence-electron chi connectivity index (χ0n) is 13.3. The number of ether oxygens (including phenoxy) is 1. The lowest BCUT2D eigenvalue weighted by molar-refractivity contribution is -0.139. The minimum Gasteiger partial charge on any atom is -0.392 e. The highest BCUT2D eigenvalue weighted by atomic mass is 32.1. The minimum absolute atomic E-state index is 0.0464. The summed E-state index contributed by atoms with van der Waals surface area (Å²) in [5.74, 6) is 0.303. The van der Waals surface area contributed by atoms with Crippen LogP contribution in [-0.4, -0.2) is 65.1 Å². The van der Waals surface area contributed by atoms with Crippen molar-refractivity contribution in [1.82, 2.24) is 9.80 Å². The fraction of sp³-hybridized carbons (Fsp3) is 0.867. The van der Waals surface area contributed by atoms with E-state index in [9.17, 15) is 4.79 Å². The van der Waals surface area contributed by atoms with Crippen molar-refractivity contribution in [3.63, 3.8) is 0 Å². The second kappa shape index (κ2) is 6.58. The number of carbonyl (C=O) groups excluding carboxylic acids is 1. The van der Waals surface area contributed by atoms with E-state index in [0.29, 0.717) is 11.6 Å². The van der Waals surface area contributed by atoms with E-state index >= 15 is 0 Å². The number of carbonyl (C=O) groups is 1. The van der Waals surface area contributed by atoms with Crippen LogP contribution in [0.15, 0.2) is 0 Å². The predicted octanol–water partition coefficient (Wildman–Crippen LogP) is 1.01. The highest BCUT2D eigenvalue weighted by Crippen LogP contribution is 2.26. The molecule has 0 aromatic carbocycles. The summed E-state index contributed by atoms with van der Waals surface area (Å²) >= 11 is 5.15. The summed E-state index contributed by atoms with van der Waals surface area (Å²) in [7, 11) is 0. The summed E-state index contributed by atoms with van der Waals surface area (Å²) in [4.78, 5) is 17.4. The van der Waals surface area contributed by atoms with Crippen molar-refractivity contribution in [2.75, 3.05) is 32.8 Å². The molecule has 0 aromatic rings. The first-order valence-corrected chi connectivity index (χ1v) is 8.24. The third-order valence-corrected chi connectivity index (χ3v) is 5.41. The molecule has 6 heteroatoms. The van der Waals surface area contributed by atoms with Crippen LogP contribution in [0.25, 0.3) is 0 Å². The molecule has 0 saturated carbocycles. The van der Waals surface area contributed by atoms with Crippen molar-refractivity contribution >= 4 is 23.1 Å². The van der Waals surface area contributed by atoms with Gasteiger partial charge >= 0.3 is 0 Å². The predicted molar refractivity (Wildman–Crippen MR) is 87.2 cm³/mol. The fourth-order valence-electron chi connectivity index (χ4n) is 3.21. The number of hydrogen-bond acceptors (Lipinski definition) is 4. The van der Waals surface area contributed by atoms with Crippen LogP contribution >= 0.6 is 12.2 Å². The fourth-order valence-corrected chi connectivity index (χ4v) is 3.34. The van der Waals surface area contributed by atoms with Crippen molar-refractivity contribution in [1.29, 1.82) is 0 Å². The molecule has 2 saturated heterocycles. The van der Waals surface area contributed by atoms with Gasteiger partial charge in [0.2, 0.25) is 5.91 Å². The molecule has 2 rings (SSSR count). The van der Waals surface area contributed by atoms with Gasteiger partial charge in [-0.25, -0.2) is 0 Å². The van der Waals surface area contributed by atoms with Gasteiger partial charge < -0.3 is 15.4 Å².